The van der Waals surface area contributed by atoms with Gasteiger partial charge in [0.05, 0.1) is 6.26 Å². The molecule has 0 aromatic carbocycles. The Kier molecular flexibility index (Phi) is 1.73. The molecule has 3 rings (SSSR count). The highest BCUT2D eigenvalue weighted by Crippen LogP contribution is 2.46. The van der Waals surface area contributed by atoms with E-state index in [1.165, 1.54) is 16.9 Å². The minimum atomic E-state index is 0.268. The second-order valence-electron chi connectivity index (χ2n) is 5.08. The molecule has 1 heterocycles. The monoisotopic (exact) mass is 200 g/mol. The molecule has 2 aliphatic rings. The molecular formula is C14H16O. The maximum absolute atomic E-state index is 5.55. The lowest BCUT2D eigenvalue weighted by Crippen LogP contribution is -2.35. The van der Waals surface area contributed by atoms with Crippen molar-refractivity contribution in [1.82, 2.24) is 0 Å². The highest BCUT2D eigenvalue weighted by atomic mass is 16.3. The van der Waals surface area contributed by atoms with Crippen molar-refractivity contribution < 1.29 is 4.42 Å². The summed E-state index contributed by atoms with van der Waals surface area (Å²) in [6.45, 7) is 4.59. The van der Waals surface area contributed by atoms with Crippen molar-refractivity contribution in [1.29, 1.82) is 0 Å². The summed E-state index contributed by atoms with van der Waals surface area (Å²) in [5.74, 6) is 1.85. The summed E-state index contributed by atoms with van der Waals surface area (Å²) in [5.41, 5.74) is 3.18. The lowest BCUT2D eigenvalue weighted by molar-refractivity contribution is 0.244. The lowest BCUT2D eigenvalue weighted by Gasteiger charge is -2.41. The van der Waals surface area contributed by atoms with Gasteiger partial charge in [0.15, 0.2) is 0 Å². The van der Waals surface area contributed by atoms with Gasteiger partial charge in [0.1, 0.15) is 5.76 Å². The van der Waals surface area contributed by atoms with Gasteiger partial charge in [-0.25, -0.2) is 0 Å². The molecule has 2 aliphatic carbocycles. The number of furan rings is 1. The van der Waals surface area contributed by atoms with Gasteiger partial charge in [0.25, 0.3) is 0 Å². The van der Waals surface area contributed by atoms with Crippen molar-refractivity contribution in [3.8, 4) is 0 Å². The van der Waals surface area contributed by atoms with Crippen molar-refractivity contribution in [2.75, 3.05) is 0 Å². The van der Waals surface area contributed by atoms with E-state index in [2.05, 4.69) is 38.1 Å². The van der Waals surface area contributed by atoms with E-state index in [-0.39, 0.29) is 5.41 Å². The summed E-state index contributed by atoms with van der Waals surface area (Å²) in [7, 11) is 0. The van der Waals surface area contributed by atoms with Gasteiger partial charge in [0.2, 0.25) is 0 Å². The van der Waals surface area contributed by atoms with E-state index in [4.69, 9.17) is 4.42 Å². The van der Waals surface area contributed by atoms with Crippen molar-refractivity contribution in [3.63, 3.8) is 0 Å². The zero-order chi connectivity index (χ0) is 10.5. The van der Waals surface area contributed by atoms with Gasteiger partial charge in [-0.3, -0.25) is 0 Å². The zero-order valence-corrected chi connectivity index (χ0v) is 9.29. The van der Waals surface area contributed by atoms with Gasteiger partial charge >= 0.3 is 0 Å². The number of fused-ring (bicyclic) bond motifs is 2. The predicted molar refractivity (Wildman–Crippen MR) is 60.6 cm³/mol. The van der Waals surface area contributed by atoms with Crippen LogP contribution in [-0.2, 0) is 12.8 Å². The van der Waals surface area contributed by atoms with Crippen molar-refractivity contribution in [2.24, 2.45) is 11.3 Å². The molecule has 1 heteroatoms. The van der Waals surface area contributed by atoms with E-state index in [9.17, 15) is 0 Å². The van der Waals surface area contributed by atoms with E-state index in [1.54, 1.807) is 0 Å². The van der Waals surface area contributed by atoms with Crippen LogP contribution in [0.3, 0.4) is 0 Å². The van der Waals surface area contributed by atoms with Gasteiger partial charge < -0.3 is 4.42 Å². The largest absolute Gasteiger partial charge is 0.469 e. The maximum Gasteiger partial charge on any atom is 0.107 e. The molecule has 0 fully saturated rings. The molecule has 0 aliphatic heterocycles. The van der Waals surface area contributed by atoms with Crippen molar-refractivity contribution >= 4 is 0 Å². The van der Waals surface area contributed by atoms with Crippen LogP contribution >= 0.6 is 0 Å². The van der Waals surface area contributed by atoms with Gasteiger partial charge in [-0.15, -0.1) is 0 Å². The molecule has 15 heavy (non-hydrogen) atoms. The Morgan fingerprint density at radius 2 is 2.33 bits per heavy atom. The fourth-order valence-electron chi connectivity index (χ4n) is 3.02. The van der Waals surface area contributed by atoms with Crippen LogP contribution in [0.25, 0.3) is 0 Å². The smallest absolute Gasteiger partial charge is 0.107 e. The Morgan fingerprint density at radius 1 is 1.47 bits per heavy atom. The van der Waals surface area contributed by atoms with Crippen LogP contribution in [0.2, 0.25) is 0 Å². The number of rotatable bonds is 0. The molecule has 0 radical (unpaired) electrons. The normalized spacial score (nSPS) is 33.2. The van der Waals surface area contributed by atoms with Crippen molar-refractivity contribution in [2.45, 2.75) is 26.7 Å². The predicted octanol–water partition coefficient (Wildman–Crippen LogP) is 3.52. The molecule has 0 bridgehead atoms. The summed E-state index contributed by atoms with van der Waals surface area (Å²) < 4.78 is 5.55. The first kappa shape index (κ1) is 9.02. The van der Waals surface area contributed by atoms with E-state index in [0.29, 0.717) is 5.92 Å². The molecule has 2 atom stereocenters. The highest BCUT2D eigenvalue weighted by molar-refractivity contribution is 5.34. The minimum Gasteiger partial charge on any atom is -0.469 e. The van der Waals surface area contributed by atoms with Crippen LogP contribution in [0.5, 0.6) is 0 Å². The summed E-state index contributed by atoms with van der Waals surface area (Å²) >= 11 is 0. The maximum atomic E-state index is 5.55. The number of hydrogen-bond acceptors (Lipinski definition) is 1. The number of hydrogen-bond donors (Lipinski definition) is 0. The zero-order valence-electron chi connectivity index (χ0n) is 9.29. The van der Waals surface area contributed by atoms with Gasteiger partial charge in [-0.2, -0.15) is 0 Å². The third-order valence-electron chi connectivity index (χ3n) is 3.98. The Morgan fingerprint density at radius 3 is 3.20 bits per heavy atom. The van der Waals surface area contributed by atoms with Crippen molar-refractivity contribution in [3.05, 3.63) is 47.5 Å². The topological polar surface area (TPSA) is 13.1 Å². The number of allylic oxidation sites excluding steroid dienone is 4. The molecule has 2 unspecified atom stereocenters. The molecule has 1 aromatic rings. The van der Waals surface area contributed by atoms with Crippen LogP contribution in [0.1, 0.15) is 25.2 Å². The summed E-state index contributed by atoms with van der Waals surface area (Å²) in [6, 6.07) is 2.13. The van der Waals surface area contributed by atoms with Gasteiger partial charge in [-0.1, -0.05) is 30.7 Å². The molecule has 78 valence electrons. The Hall–Kier alpha value is -1.24. The fourth-order valence-corrected chi connectivity index (χ4v) is 3.02. The van der Waals surface area contributed by atoms with Crippen LogP contribution in [-0.4, -0.2) is 0 Å². The molecule has 0 saturated heterocycles. The van der Waals surface area contributed by atoms with Crippen LogP contribution in [0.15, 0.2) is 40.5 Å². The second kappa shape index (κ2) is 2.88. The van der Waals surface area contributed by atoms with E-state index in [1.807, 2.05) is 6.26 Å². The molecule has 0 spiro atoms. The third kappa shape index (κ3) is 1.22. The Labute approximate surface area is 90.5 Å². The standard InChI is InChI=1S/C14H16O/c1-10-4-3-6-14(2)9-13-11(5-7-15-13)8-12(10)14/h3-7,12H,8-9H2,1-2H3. The SMILES string of the molecule is CC1=CC=CC2(C)Cc3occc3CC12. The quantitative estimate of drug-likeness (QED) is 0.624. The van der Waals surface area contributed by atoms with E-state index in [0.717, 1.165) is 12.8 Å². The first-order valence-corrected chi connectivity index (χ1v) is 5.60. The first-order valence-electron chi connectivity index (χ1n) is 5.60. The van der Waals surface area contributed by atoms with Gasteiger partial charge in [0, 0.05) is 6.42 Å². The lowest BCUT2D eigenvalue weighted by atomic mass is 9.63. The molecule has 1 nitrogen and oxygen atoms in total. The summed E-state index contributed by atoms with van der Waals surface area (Å²) in [6.07, 6.45) is 10.8. The third-order valence-corrected chi connectivity index (χ3v) is 3.98. The average molecular weight is 200 g/mol. The van der Waals surface area contributed by atoms with Crippen LogP contribution in [0, 0.1) is 11.3 Å². The molecule has 1 aromatic heterocycles. The summed E-state index contributed by atoms with van der Waals surface area (Å²) in [5, 5.41) is 0. The van der Waals surface area contributed by atoms with Gasteiger partial charge in [-0.05, 0) is 36.3 Å². The molecule has 0 saturated carbocycles. The molecular weight excluding hydrogens is 184 g/mol. The Balaban J connectivity index is 2.08. The van der Waals surface area contributed by atoms with Crippen LogP contribution < -0.4 is 0 Å². The van der Waals surface area contributed by atoms with Crippen LogP contribution in [0.4, 0.5) is 0 Å². The fraction of sp³-hybridized carbons (Fsp3) is 0.429. The minimum absolute atomic E-state index is 0.268. The van der Waals surface area contributed by atoms with E-state index >= 15 is 0 Å². The molecule has 0 amide bonds. The van der Waals surface area contributed by atoms with E-state index < -0.39 is 0 Å². The second-order valence-corrected chi connectivity index (χ2v) is 5.08. The Bertz CT molecular complexity index is 450. The summed E-state index contributed by atoms with van der Waals surface area (Å²) in [4.78, 5) is 0. The average Bonchev–Trinajstić information content (AvgIpc) is 2.61. The first-order chi connectivity index (χ1) is 7.19. The highest BCUT2D eigenvalue weighted by Gasteiger charge is 2.40. The molecule has 0 N–H and O–H groups in total.